The second-order valence-electron chi connectivity index (χ2n) is 5.72. The van der Waals surface area contributed by atoms with Gasteiger partial charge in [-0.2, -0.15) is 4.98 Å². The van der Waals surface area contributed by atoms with Gasteiger partial charge in [0.2, 0.25) is 0 Å². The van der Waals surface area contributed by atoms with Crippen molar-refractivity contribution in [2.24, 2.45) is 5.92 Å². The summed E-state index contributed by atoms with van der Waals surface area (Å²) < 4.78 is 12.5. The summed E-state index contributed by atoms with van der Waals surface area (Å²) in [5, 5.41) is 0. The molecule has 0 saturated carbocycles. The zero-order valence-electron chi connectivity index (χ0n) is 13.7. The maximum absolute atomic E-state index is 12.3. The minimum Gasteiger partial charge on any atom is -0.381 e. The summed E-state index contributed by atoms with van der Waals surface area (Å²) in [5.74, 6) is 1.99. The average molecular weight is 327 g/mol. The fourth-order valence-corrected chi connectivity index (χ4v) is 3.49. The lowest BCUT2D eigenvalue weighted by atomic mass is 10.2. The van der Waals surface area contributed by atoms with Gasteiger partial charge in [-0.25, -0.2) is 4.79 Å². The van der Waals surface area contributed by atoms with Crippen molar-refractivity contribution < 1.29 is 9.47 Å². The first kappa shape index (κ1) is 17.3. The van der Waals surface area contributed by atoms with Gasteiger partial charge in [0, 0.05) is 32.1 Å². The smallest absolute Gasteiger partial charge is 0.351 e. The van der Waals surface area contributed by atoms with Gasteiger partial charge >= 0.3 is 5.69 Å². The quantitative estimate of drug-likeness (QED) is 0.763. The summed E-state index contributed by atoms with van der Waals surface area (Å²) in [4.78, 5) is 18.6. The van der Waals surface area contributed by atoms with Crippen molar-refractivity contribution in [1.82, 2.24) is 9.55 Å². The highest BCUT2D eigenvalue weighted by Crippen LogP contribution is 2.31. The Labute approximate surface area is 135 Å². The third-order valence-corrected chi connectivity index (χ3v) is 4.55. The van der Waals surface area contributed by atoms with E-state index >= 15 is 0 Å². The van der Waals surface area contributed by atoms with Crippen LogP contribution in [0.1, 0.15) is 27.0 Å². The Morgan fingerprint density at radius 1 is 1.59 bits per heavy atom. The summed E-state index contributed by atoms with van der Waals surface area (Å²) in [6.07, 6.45) is 1.52. The molecule has 1 aromatic heterocycles. The van der Waals surface area contributed by atoms with E-state index in [2.05, 4.69) is 30.7 Å². The third kappa shape index (κ3) is 4.24. The van der Waals surface area contributed by atoms with Crippen LogP contribution >= 0.6 is 11.8 Å². The highest BCUT2D eigenvalue weighted by atomic mass is 32.2. The van der Waals surface area contributed by atoms with E-state index in [-0.39, 0.29) is 17.4 Å². The van der Waals surface area contributed by atoms with E-state index in [1.54, 1.807) is 29.6 Å². The first-order valence-corrected chi connectivity index (χ1v) is 8.70. The lowest BCUT2D eigenvalue weighted by Crippen LogP contribution is -2.33. The third-order valence-electron chi connectivity index (χ3n) is 3.45. The molecule has 0 aliphatic carbocycles. The summed E-state index contributed by atoms with van der Waals surface area (Å²) in [5.41, 5.74) is -0.280. The van der Waals surface area contributed by atoms with Gasteiger partial charge in [-0.15, -0.1) is 11.8 Å². The van der Waals surface area contributed by atoms with Crippen LogP contribution in [-0.4, -0.2) is 47.5 Å². The number of anilines is 1. The fourth-order valence-electron chi connectivity index (χ4n) is 2.44. The first-order valence-electron chi connectivity index (χ1n) is 7.65. The molecule has 0 unspecified atom stereocenters. The molecule has 7 heteroatoms. The van der Waals surface area contributed by atoms with Crippen LogP contribution in [0, 0.1) is 5.92 Å². The van der Waals surface area contributed by atoms with Crippen LogP contribution in [0.25, 0.3) is 0 Å². The molecule has 1 aliphatic rings. The molecule has 2 atom stereocenters. The molecular formula is C15H25N3O3S. The molecule has 0 bridgehead atoms. The van der Waals surface area contributed by atoms with Crippen molar-refractivity contribution >= 4 is 17.6 Å². The molecule has 1 aliphatic heterocycles. The molecular weight excluding hydrogens is 302 g/mol. The van der Waals surface area contributed by atoms with Crippen LogP contribution in [0.3, 0.4) is 0 Å². The number of nitrogens with zero attached hydrogens (tertiary/aromatic N) is 3. The van der Waals surface area contributed by atoms with Gasteiger partial charge in [-0.05, 0) is 18.9 Å². The molecule has 0 spiro atoms. The van der Waals surface area contributed by atoms with E-state index < -0.39 is 0 Å². The van der Waals surface area contributed by atoms with Crippen LogP contribution in [0.15, 0.2) is 17.1 Å². The summed E-state index contributed by atoms with van der Waals surface area (Å²) >= 11 is 1.66. The molecule has 2 heterocycles. The average Bonchev–Trinajstić information content (AvgIpc) is 2.93. The second kappa shape index (κ2) is 7.99. The summed E-state index contributed by atoms with van der Waals surface area (Å²) in [6.45, 7) is 8.63. The Bertz CT molecular complexity index is 535. The van der Waals surface area contributed by atoms with Crippen molar-refractivity contribution in [1.29, 1.82) is 0 Å². The van der Waals surface area contributed by atoms with E-state index in [1.807, 2.05) is 6.07 Å². The Morgan fingerprint density at radius 2 is 2.36 bits per heavy atom. The molecule has 0 amide bonds. The molecule has 1 fully saturated rings. The largest absolute Gasteiger partial charge is 0.381 e. The zero-order chi connectivity index (χ0) is 16.1. The normalized spacial score (nSPS) is 21.5. The van der Waals surface area contributed by atoms with E-state index in [0.717, 1.165) is 24.7 Å². The minimum atomic E-state index is -0.264. The predicted molar refractivity (Wildman–Crippen MR) is 89.5 cm³/mol. The van der Waals surface area contributed by atoms with Gasteiger partial charge in [0.1, 0.15) is 17.5 Å². The second-order valence-corrected chi connectivity index (χ2v) is 6.91. The number of rotatable bonds is 7. The van der Waals surface area contributed by atoms with Gasteiger partial charge in [-0.1, -0.05) is 13.8 Å². The molecule has 2 rings (SSSR count). The van der Waals surface area contributed by atoms with E-state index in [1.165, 1.54) is 0 Å². The molecule has 22 heavy (non-hydrogen) atoms. The lowest BCUT2D eigenvalue weighted by molar-refractivity contribution is -0.0152. The SMILES string of the molecule is CCN(CC(C)C)c1ccn([C@H]2CS[C@@H](COC)O2)c(=O)n1. The molecule has 0 radical (unpaired) electrons. The van der Waals surface area contributed by atoms with Crippen LogP contribution in [0.4, 0.5) is 5.82 Å². The Morgan fingerprint density at radius 3 is 2.95 bits per heavy atom. The van der Waals surface area contributed by atoms with Crippen LogP contribution in [0.2, 0.25) is 0 Å². The Balaban J connectivity index is 2.11. The van der Waals surface area contributed by atoms with Gasteiger partial charge < -0.3 is 14.4 Å². The topological polar surface area (TPSA) is 56.6 Å². The molecule has 124 valence electrons. The zero-order valence-corrected chi connectivity index (χ0v) is 14.5. The predicted octanol–water partition coefficient (Wildman–Crippen LogP) is 1.96. The highest BCUT2D eigenvalue weighted by molar-refractivity contribution is 8.00. The molecule has 1 aromatic rings. The minimum absolute atomic E-state index is 0.0188. The van der Waals surface area contributed by atoms with Gasteiger partial charge in [0.05, 0.1) is 6.61 Å². The molecule has 0 N–H and O–H groups in total. The van der Waals surface area contributed by atoms with E-state index in [9.17, 15) is 4.79 Å². The van der Waals surface area contributed by atoms with Gasteiger partial charge in [0.15, 0.2) is 0 Å². The Kier molecular flexibility index (Phi) is 6.28. The maximum atomic E-state index is 12.3. The van der Waals surface area contributed by atoms with Crippen molar-refractivity contribution in [2.75, 3.05) is 37.5 Å². The van der Waals surface area contributed by atoms with Crippen LogP contribution in [-0.2, 0) is 9.47 Å². The number of methoxy groups -OCH3 is 1. The first-order chi connectivity index (χ1) is 10.5. The van der Waals surface area contributed by atoms with Crippen molar-refractivity contribution in [3.05, 3.63) is 22.7 Å². The van der Waals surface area contributed by atoms with Crippen molar-refractivity contribution in [3.8, 4) is 0 Å². The number of hydrogen-bond donors (Lipinski definition) is 0. The molecule has 6 nitrogen and oxygen atoms in total. The van der Waals surface area contributed by atoms with Crippen LogP contribution in [0.5, 0.6) is 0 Å². The number of ether oxygens (including phenoxy) is 2. The van der Waals surface area contributed by atoms with E-state index in [4.69, 9.17) is 9.47 Å². The van der Waals surface area contributed by atoms with E-state index in [0.29, 0.717) is 12.5 Å². The van der Waals surface area contributed by atoms with Crippen molar-refractivity contribution in [2.45, 2.75) is 32.4 Å². The Hall–Kier alpha value is -1.05. The fraction of sp³-hybridized carbons (Fsp3) is 0.733. The number of aromatic nitrogens is 2. The van der Waals surface area contributed by atoms with Crippen LogP contribution < -0.4 is 10.6 Å². The molecule has 1 saturated heterocycles. The lowest BCUT2D eigenvalue weighted by Gasteiger charge is -2.24. The summed E-state index contributed by atoms with van der Waals surface area (Å²) in [6, 6.07) is 1.89. The summed E-state index contributed by atoms with van der Waals surface area (Å²) in [7, 11) is 1.65. The van der Waals surface area contributed by atoms with Gasteiger partial charge in [0.25, 0.3) is 0 Å². The standard InChI is InChI=1S/C15H25N3O3S/c1-5-17(8-11(2)3)12-6-7-18(15(19)16-12)13-10-22-14(21-13)9-20-4/h6-7,11,13-14H,5,8-10H2,1-4H3/t13-,14+/m1/s1. The highest BCUT2D eigenvalue weighted by Gasteiger charge is 2.28. The van der Waals surface area contributed by atoms with Gasteiger partial charge in [-0.3, -0.25) is 4.57 Å². The van der Waals surface area contributed by atoms with Crippen molar-refractivity contribution in [3.63, 3.8) is 0 Å². The monoisotopic (exact) mass is 327 g/mol. The maximum Gasteiger partial charge on any atom is 0.351 e. The number of hydrogen-bond acceptors (Lipinski definition) is 6. The molecule has 0 aromatic carbocycles. The number of thioether (sulfide) groups is 1.